The van der Waals surface area contributed by atoms with Gasteiger partial charge in [-0.05, 0) is 29.7 Å². The topological polar surface area (TPSA) is 78.5 Å². The van der Waals surface area contributed by atoms with Crippen LogP contribution in [0, 0.1) is 0 Å². The molecule has 2 N–H and O–H groups in total. The fourth-order valence-corrected chi connectivity index (χ4v) is 4.13. The maximum absolute atomic E-state index is 13.3. The van der Waals surface area contributed by atoms with E-state index in [2.05, 4.69) is 10.6 Å². The first-order valence-electron chi connectivity index (χ1n) is 9.72. The second-order valence-corrected chi connectivity index (χ2v) is 7.86. The number of nitrogens with zero attached hydrogens (tertiary/aromatic N) is 1. The summed E-state index contributed by atoms with van der Waals surface area (Å²) in [6, 6.07) is 14.0. The van der Waals surface area contributed by atoms with E-state index >= 15 is 0 Å². The van der Waals surface area contributed by atoms with Gasteiger partial charge in [0.15, 0.2) is 0 Å². The van der Waals surface area contributed by atoms with Crippen molar-refractivity contribution in [1.29, 1.82) is 0 Å². The Labute approximate surface area is 174 Å². The number of piperidine rings is 1. The minimum absolute atomic E-state index is 0.00221. The lowest BCUT2D eigenvalue weighted by atomic mass is 9.92. The van der Waals surface area contributed by atoms with Gasteiger partial charge in [-0.25, -0.2) is 0 Å². The molecule has 2 unspecified atom stereocenters. The van der Waals surface area contributed by atoms with Gasteiger partial charge >= 0.3 is 0 Å². The second-order valence-electron chi connectivity index (χ2n) is 7.45. The Kier molecular flexibility index (Phi) is 5.53. The van der Waals surface area contributed by atoms with Crippen molar-refractivity contribution in [3.05, 3.63) is 70.2 Å². The van der Waals surface area contributed by atoms with Gasteiger partial charge in [-0.3, -0.25) is 14.4 Å². The van der Waals surface area contributed by atoms with E-state index in [0.717, 1.165) is 11.1 Å². The number of rotatable bonds is 3. The number of hydrogen-bond donors (Lipinski definition) is 2. The van der Waals surface area contributed by atoms with Crippen molar-refractivity contribution < 1.29 is 14.4 Å². The molecule has 4 rings (SSSR count). The third kappa shape index (κ3) is 4.12. The number of carbonyl (C=O) groups excluding carboxylic acids is 3. The van der Waals surface area contributed by atoms with Gasteiger partial charge < -0.3 is 15.5 Å². The average molecular weight is 412 g/mol. The summed E-state index contributed by atoms with van der Waals surface area (Å²) in [4.78, 5) is 39.4. The van der Waals surface area contributed by atoms with Crippen molar-refractivity contribution in [2.24, 2.45) is 0 Å². The molecule has 6 nitrogen and oxygen atoms in total. The largest absolute Gasteiger partial charge is 0.354 e. The van der Waals surface area contributed by atoms with Crippen LogP contribution in [0.4, 0.5) is 0 Å². The molecular weight excluding hydrogens is 390 g/mol. The van der Waals surface area contributed by atoms with E-state index < -0.39 is 6.04 Å². The summed E-state index contributed by atoms with van der Waals surface area (Å²) >= 11 is 6.25. The van der Waals surface area contributed by atoms with Gasteiger partial charge in [-0.1, -0.05) is 48.0 Å². The first-order chi connectivity index (χ1) is 14.0. The minimum atomic E-state index is -0.633. The highest BCUT2D eigenvalue weighted by Crippen LogP contribution is 2.27. The van der Waals surface area contributed by atoms with E-state index in [1.807, 2.05) is 24.3 Å². The van der Waals surface area contributed by atoms with Crippen LogP contribution in [-0.4, -0.2) is 41.2 Å². The lowest BCUT2D eigenvalue weighted by Gasteiger charge is -2.37. The standard InChI is InChI=1S/C22H22ClN3O3/c23-18-8-4-3-7-17(18)22(29)26-13-15-6-2-1-5-14(15)11-19(26)21(28)25-16-9-10-20(27)24-12-16/h1-8,16,19H,9-13H2,(H,24,27)(H,25,28). The molecule has 2 aromatic rings. The number of hydrogen-bond acceptors (Lipinski definition) is 3. The number of fused-ring (bicyclic) bond motifs is 1. The van der Waals surface area contributed by atoms with Crippen LogP contribution in [0.25, 0.3) is 0 Å². The molecule has 0 radical (unpaired) electrons. The van der Waals surface area contributed by atoms with Crippen molar-refractivity contribution in [3.63, 3.8) is 0 Å². The molecule has 2 heterocycles. The monoisotopic (exact) mass is 411 g/mol. The van der Waals surface area contributed by atoms with Gasteiger partial charge in [0.05, 0.1) is 10.6 Å². The third-order valence-corrected chi connectivity index (χ3v) is 5.86. The smallest absolute Gasteiger partial charge is 0.256 e. The molecule has 2 aliphatic rings. The van der Waals surface area contributed by atoms with E-state index in [-0.39, 0.29) is 23.8 Å². The highest BCUT2D eigenvalue weighted by molar-refractivity contribution is 6.33. The summed E-state index contributed by atoms with van der Waals surface area (Å²) in [6.07, 6.45) is 1.43. The number of halogens is 1. The van der Waals surface area contributed by atoms with Crippen molar-refractivity contribution in [3.8, 4) is 0 Å². The Balaban J connectivity index is 1.60. The molecule has 150 valence electrons. The number of benzene rings is 2. The van der Waals surface area contributed by atoms with E-state index in [1.165, 1.54) is 0 Å². The third-order valence-electron chi connectivity index (χ3n) is 5.53. The summed E-state index contributed by atoms with van der Waals surface area (Å²) in [6.45, 7) is 0.756. The van der Waals surface area contributed by atoms with Gasteiger partial charge in [-0.15, -0.1) is 0 Å². The number of amides is 3. The molecule has 2 aromatic carbocycles. The predicted molar refractivity (Wildman–Crippen MR) is 109 cm³/mol. The van der Waals surface area contributed by atoms with Gasteiger partial charge in [0.25, 0.3) is 5.91 Å². The van der Waals surface area contributed by atoms with Gasteiger partial charge in [-0.2, -0.15) is 0 Å². The predicted octanol–water partition coefficient (Wildman–Crippen LogP) is 2.30. The molecule has 7 heteroatoms. The van der Waals surface area contributed by atoms with Crippen LogP contribution in [0.15, 0.2) is 48.5 Å². The highest BCUT2D eigenvalue weighted by Gasteiger charge is 2.36. The second kappa shape index (κ2) is 8.25. The van der Waals surface area contributed by atoms with E-state index in [9.17, 15) is 14.4 Å². The first-order valence-corrected chi connectivity index (χ1v) is 10.1. The van der Waals surface area contributed by atoms with Crippen molar-refractivity contribution in [2.45, 2.75) is 37.9 Å². The zero-order valence-corrected chi connectivity index (χ0v) is 16.6. The molecule has 2 aliphatic heterocycles. The molecule has 2 atom stereocenters. The van der Waals surface area contributed by atoms with E-state index in [1.54, 1.807) is 29.2 Å². The SMILES string of the molecule is O=C1CCC(NC(=O)C2Cc3ccccc3CN2C(=O)c2ccccc2Cl)CN1. The summed E-state index contributed by atoms with van der Waals surface area (Å²) in [5.41, 5.74) is 2.48. The first kappa shape index (κ1) is 19.5. The minimum Gasteiger partial charge on any atom is -0.354 e. The summed E-state index contributed by atoms with van der Waals surface area (Å²) in [5.74, 6) is -0.471. The molecule has 1 saturated heterocycles. The normalized spacial score (nSPS) is 21.1. The Morgan fingerprint density at radius 2 is 1.79 bits per heavy atom. The quantitative estimate of drug-likeness (QED) is 0.813. The van der Waals surface area contributed by atoms with Crippen molar-refractivity contribution in [2.75, 3.05) is 6.54 Å². The fraction of sp³-hybridized carbons (Fsp3) is 0.318. The highest BCUT2D eigenvalue weighted by atomic mass is 35.5. The molecule has 0 saturated carbocycles. The Hall–Kier alpha value is -2.86. The molecular formula is C22H22ClN3O3. The molecule has 3 amide bonds. The summed E-state index contributed by atoms with van der Waals surface area (Å²) < 4.78 is 0. The molecule has 0 spiro atoms. The summed E-state index contributed by atoms with van der Waals surface area (Å²) in [7, 11) is 0. The number of nitrogens with one attached hydrogen (secondary N) is 2. The zero-order chi connectivity index (χ0) is 20.4. The van der Waals surface area contributed by atoms with Crippen LogP contribution in [-0.2, 0) is 22.6 Å². The maximum atomic E-state index is 13.3. The van der Waals surface area contributed by atoms with Crippen molar-refractivity contribution >= 4 is 29.3 Å². The average Bonchev–Trinajstić information content (AvgIpc) is 2.74. The van der Waals surface area contributed by atoms with Crippen molar-refractivity contribution in [1.82, 2.24) is 15.5 Å². The Bertz CT molecular complexity index is 952. The maximum Gasteiger partial charge on any atom is 0.256 e. The Morgan fingerprint density at radius 3 is 2.52 bits per heavy atom. The zero-order valence-electron chi connectivity index (χ0n) is 15.9. The molecule has 29 heavy (non-hydrogen) atoms. The van der Waals surface area contributed by atoms with Gasteiger partial charge in [0, 0.05) is 32.0 Å². The molecule has 0 aromatic heterocycles. The van der Waals surface area contributed by atoms with Crippen LogP contribution >= 0.6 is 11.6 Å². The molecule has 0 aliphatic carbocycles. The fourth-order valence-electron chi connectivity index (χ4n) is 3.91. The Morgan fingerprint density at radius 1 is 1.07 bits per heavy atom. The van der Waals surface area contributed by atoms with Gasteiger partial charge in [0.1, 0.15) is 6.04 Å². The van der Waals surface area contributed by atoms with Crippen LogP contribution < -0.4 is 10.6 Å². The van der Waals surface area contributed by atoms with Gasteiger partial charge in [0.2, 0.25) is 11.8 Å². The van der Waals surface area contributed by atoms with E-state index in [4.69, 9.17) is 11.6 Å². The van der Waals surface area contributed by atoms with Crippen LogP contribution in [0.1, 0.15) is 34.3 Å². The number of carbonyl (C=O) groups is 3. The van der Waals surface area contributed by atoms with Crippen LogP contribution in [0.3, 0.4) is 0 Å². The molecule has 1 fully saturated rings. The summed E-state index contributed by atoms with van der Waals surface area (Å²) in [5, 5.41) is 6.15. The van der Waals surface area contributed by atoms with Crippen LogP contribution in [0.5, 0.6) is 0 Å². The van der Waals surface area contributed by atoms with E-state index in [0.29, 0.717) is 42.9 Å². The van der Waals surface area contributed by atoms with Crippen LogP contribution in [0.2, 0.25) is 5.02 Å². The lowest BCUT2D eigenvalue weighted by molar-refractivity contribution is -0.128. The molecule has 0 bridgehead atoms. The lowest BCUT2D eigenvalue weighted by Crippen LogP contribution is -2.56.